The van der Waals surface area contributed by atoms with Crippen molar-refractivity contribution < 1.29 is 5.48 Å². The largest absolute Gasteiger partial charge is 0.412 e. The van der Waals surface area contributed by atoms with Crippen molar-refractivity contribution in [3.63, 3.8) is 0 Å². The zero-order chi connectivity index (χ0) is 32.2. The molecule has 2 aromatic carbocycles. The van der Waals surface area contributed by atoms with Crippen molar-refractivity contribution in [1.29, 1.82) is 5.26 Å². The Balaban J connectivity index is 0.000000194. The number of nitrogens with two attached hydrogens (primary N) is 3. The van der Waals surface area contributed by atoms with Crippen LogP contribution in [-0.4, -0.2) is 25.6 Å². The maximum Gasteiger partial charge on any atom is 0.185 e. The van der Waals surface area contributed by atoms with E-state index >= 15 is 0 Å². The minimum atomic E-state index is 0. The minimum Gasteiger partial charge on any atom is -0.412 e. The maximum absolute atomic E-state index is 9.08. The zero-order valence-corrected chi connectivity index (χ0v) is 27.6. The first kappa shape index (κ1) is 34.7. The molecule has 2 aliphatic carbocycles. The van der Waals surface area contributed by atoms with E-state index in [1.165, 1.54) is 35.1 Å². The van der Waals surface area contributed by atoms with Crippen LogP contribution < -0.4 is 28.1 Å². The number of hydrogen-bond donors (Lipinski definition) is 6. The summed E-state index contributed by atoms with van der Waals surface area (Å²) in [6.07, 6.45) is 6.76. The van der Waals surface area contributed by atoms with E-state index in [1.54, 1.807) is 6.92 Å². The van der Waals surface area contributed by atoms with Crippen LogP contribution in [0.1, 0.15) is 51.8 Å². The van der Waals surface area contributed by atoms with Crippen molar-refractivity contribution in [3.05, 3.63) is 90.5 Å². The van der Waals surface area contributed by atoms with Gasteiger partial charge in [0.25, 0.3) is 0 Å². The van der Waals surface area contributed by atoms with Gasteiger partial charge in [-0.1, -0.05) is 59.1 Å². The predicted octanol–water partition coefficient (Wildman–Crippen LogP) is 6.53. The van der Waals surface area contributed by atoms with Crippen LogP contribution in [0.5, 0.6) is 0 Å². The van der Waals surface area contributed by atoms with Gasteiger partial charge < -0.3 is 21.8 Å². The molecule has 0 amide bonds. The summed E-state index contributed by atoms with van der Waals surface area (Å²) in [5.41, 5.74) is 15.9. The first-order valence-electron chi connectivity index (χ1n) is 14.4. The number of aryl methyl sites for hydroxylation is 3. The van der Waals surface area contributed by atoms with E-state index in [4.69, 9.17) is 45.8 Å². The third kappa shape index (κ3) is 6.69. The van der Waals surface area contributed by atoms with Gasteiger partial charge in [-0.3, -0.25) is 16.8 Å². The Bertz CT molecular complexity index is 1940. The fourth-order valence-corrected chi connectivity index (χ4v) is 6.54. The molecule has 0 unspecified atom stereocenters. The first-order valence-corrected chi connectivity index (χ1v) is 15.5. The average molecular weight is 682 g/mol. The van der Waals surface area contributed by atoms with Crippen molar-refractivity contribution in [2.24, 2.45) is 11.7 Å². The molecule has 11 N–H and O–H groups in total. The first-order chi connectivity index (χ1) is 21.8. The summed E-state index contributed by atoms with van der Waals surface area (Å²) in [6.45, 7) is 3.70. The maximum atomic E-state index is 9.08. The molecule has 7 rings (SSSR count). The Kier molecular flexibility index (Phi) is 11.3. The lowest BCUT2D eigenvalue weighted by Crippen LogP contribution is -2.02. The lowest BCUT2D eigenvalue weighted by atomic mass is 10.1. The summed E-state index contributed by atoms with van der Waals surface area (Å²) in [6, 6.07) is 14.6. The molecule has 0 spiro atoms. The van der Waals surface area contributed by atoms with Gasteiger partial charge in [0, 0.05) is 11.4 Å². The van der Waals surface area contributed by atoms with Gasteiger partial charge in [-0.05, 0) is 97.9 Å². The van der Waals surface area contributed by atoms with Crippen LogP contribution in [-0.2, 0) is 25.7 Å². The van der Waals surface area contributed by atoms with E-state index in [0.29, 0.717) is 44.3 Å². The summed E-state index contributed by atoms with van der Waals surface area (Å²) in [4.78, 5) is 8.74. The third-order valence-electron chi connectivity index (χ3n) is 8.14. The number of nitrogen functional groups attached to an aromatic ring is 1. The van der Waals surface area contributed by atoms with Crippen LogP contribution in [0, 0.1) is 25.2 Å². The van der Waals surface area contributed by atoms with Gasteiger partial charge in [-0.25, -0.2) is 9.97 Å². The SMILES string of the molecule is Cc1c(Cl)c(Nc2cccc3c2CCC3)nc(Cl)c1C#N.Cc1c(Cl)c(Nc2cccc3c2CCC3)nc2n[nH]c(N)c12.NN.O. The number of hydrazine groups is 1. The van der Waals surface area contributed by atoms with Gasteiger partial charge in [0.05, 0.1) is 21.0 Å². The molecule has 0 saturated carbocycles. The van der Waals surface area contributed by atoms with E-state index in [-0.39, 0.29) is 10.6 Å². The molecule has 14 heteroatoms. The summed E-state index contributed by atoms with van der Waals surface area (Å²) >= 11 is 18.9. The molecule has 0 saturated heterocycles. The Morgan fingerprint density at radius 2 is 1.33 bits per heavy atom. The van der Waals surface area contributed by atoms with Crippen LogP contribution >= 0.6 is 34.8 Å². The highest BCUT2D eigenvalue weighted by atomic mass is 35.5. The number of pyridine rings is 2. The number of halogens is 3. The molecule has 0 radical (unpaired) electrons. The van der Waals surface area contributed by atoms with E-state index in [0.717, 1.165) is 48.0 Å². The second-order valence-electron chi connectivity index (χ2n) is 10.8. The number of aromatic nitrogens is 4. The number of aromatic amines is 1. The predicted molar refractivity (Wildman–Crippen MR) is 187 cm³/mol. The van der Waals surface area contributed by atoms with Crippen LogP contribution in [0.25, 0.3) is 11.0 Å². The summed E-state index contributed by atoms with van der Waals surface area (Å²) < 4.78 is 0. The number of fused-ring (bicyclic) bond motifs is 3. The number of nitriles is 1. The third-order valence-corrected chi connectivity index (χ3v) is 9.34. The molecule has 0 atom stereocenters. The van der Waals surface area contributed by atoms with Gasteiger partial charge in [-0.2, -0.15) is 10.4 Å². The van der Waals surface area contributed by atoms with Crippen LogP contribution in [0.2, 0.25) is 15.2 Å². The summed E-state index contributed by atoms with van der Waals surface area (Å²) in [7, 11) is 0. The number of hydrogen-bond acceptors (Lipinski definition) is 9. The number of rotatable bonds is 4. The highest BCUT2D eigenvalue weighted by Gasteiger charge is 2.20. The van der Waals surface area contributed by atoms with Crippen LogP contribution in [0.15, 0.2) is 36.4 Å². The van der Waals surface area contributed by atoms with E-state index in [2.05, 4.69) is 66.7 Å². The molecule has 0 bridgehead atoms. The van der Waals surface area contributed by atoms with Crippen LogP contribution in [0.3, 0.4) is 0 Å². The van der Waals surface area contributed by atoms with Gasteiger partial charge in [0.2, 0.25) is 0 Å². The molecular formula is C32H35Cl3N10O. The standard InChI is InChI=1S/C16H13Cl2N3.C16H16ClN5.H4N2.H2O/c1-9-12(8-19)15(18)21-16(14(9)17)20-13-7-3-5-10-4-2-6-11(10)13;1-8-12-14(18)21-22-15(12)20-16(13(8)17)19-11-7-3-5-9-4-2-6-10(9)11;1-2;/h3,5,7H,2,4,6H2,1H3,(H,20,21);3,5,7H,2,4,6H2,1H3,(H4,18,19,20,21,22);1-2H2;1H2. The van der Waals surface area contributed by atoms with E-state index in [1.807, 2.05) is 25.1 Å². The fraction of sp³-hybridized carbons (Fsp3) is 0.250. The molecule has 5 aromatic rings. The topological polar surface area (TPSA) is 212 Å². The normalized spacial score (nSPS) is 12.5. The van der Waals surface area contributed by atoms with Gasteiger partial charge in [0.15, 0.2) is 17.3 Å². The van der Waals surface area contributed by atoms with Crippen LogP contribution in [0.4, 0.5) is 28.8 Å². The van der Waals surface area contributed by atoms with Gasteiger partial charge >= 0.3 is 0 Å². The molecule has 240 valence electrons. The quantitative estimate of drug-likeness (QED) is 0.0690. The lowest BCUT2D eigenvalue weighted by Gasteiger charge is -2.14. The summed E-state index contributed by atoms with van der Waals surface area (Å²) in [5, 5.41) is 24.6. The van der Waals surface area contributed by atoms with Crippen molar-refractivity contribution in [3.8, 4) is 6.07 Å². The number of anilines is 5. The Morgan fingerprint density at radius 3 is 1.87 bits per heavy atom. The average Bonchev–Trinajstić information content (AvgIpc) is 3.81. The van der Waals surface area contributed by atoms with Gasteiger partial charge in [-0.15, -0.1) is 0 Å². The molecule has 46 heavy (non-hydrogen) atoms. The number of nitrogens with zero attached hydrogens (tertiary/aromatic N) is 4. The smallest absolute Gasteiger partial charge is 0.185 e. The highest BCUT2D eigenvalue weighted by molar-refractivity contribution is 6.36. The Morgan fingerprint density at radius 1 is 0.804 bits per heavy atom. The molecule has 2 aliphatic rings. The Labute approximate surface area is 281 Å². The second-order valence-corrected chi connectivity index (χ2v) is 11.9. The number of H-pyrrole nitrogens is 1. The monoisotopic (exact) mass is 680 g/mol. The van der Waals surface area contributed by atoms with Gasteiger partial charge in [0.1, 0.15) is 17.0 Å². The zero-order valence-electron chi connectivity index (χ0n) is 25.4. The van der Waals surface area contributed by atoms with Crippen molar-refractivity contribution in [1.82, 2.24) is 20.2 Å². The van der Waals surface area contributed by atoms with E-state index in [9.17, 15) is 0 Å². The van der Waals surface area contributed by atoms with Crippen molar-refractivity contribution >= 4 is 74.7 Å². The molecule has 3 heterocycles. The molecule has 3 aromatic heterocycles. The lowest BCUT2D eigenvalue weighted by molar-refractivity contribution is 0.824. The van der Waals surface area contributed by atoms with Crippen molar-refractivity contribution in [2.75, 3.05) is 16.4 Å². The second kappa shape index (κ2) is 15.0. The molecule has 0 fully saturated rings. The highest BCUT2D eigenvalue weighted by Crippen LogP contribution is 2.37. The molecular weight excluding hydrogens is 647 g/mol. The summed E-state index contributed by atoms with van der Waals surface area (Å²) in [5.74, 6) is 9.62. The van der Waals surface area contributed by atoms with E-state index < -0.39 is 0 Å². The number of nitrogens with one attached hydrogen (secondary N) is 3. The molecule has 0 aliphatic heterocycles. The fourth-order valence-electron chi connectivity index (χ4n) is 5.91. The molecule has 11 nitrogen and oxygen atoms in total. The van der Waals surface area contributed by atoms with Crippen molar-refractivity contribution in [2.45, 2.75) is 52.4 Å². The Hall–Kier alpha value is -4.15. The number of benzene rings is 2. The minimum absolute atomic E-state index is 0.